The average molecular weight is 475 g/mol. The van der Waals surface area contributed by atoms with Crippen LogP contribution < -0.4 is 9.64 Å². The number of piperidine rings is 1. The van der Waals surface area contributed by atoms with E-state index in [1.165, 1.54) is 12.3 Å². The van der Waals surface area contributed by atoms with Crippen LogP contribution in [0.3, 0.4) is 0 Å². The second-order valence-corrected chi connectivity index (χ2v) is 8.27. The number of aromatic nitrogens is 3. The molecule has 0 saturated carbocycles. The Kier molecular flexibility index (Phi) is 7.11. The molecule has 1 aliphatic heterocycles. The molecule has 0 spiro atoms. The zero-order valence-corrected chi connectivity index (χ0v) is 18.7. The Hall–Kier alpha value is -3.47. The molecule has 3 aromatic rings. The van der Waals surface area contributed by atoms with Crippen LogP contribution >= 0.6 is 0 Å². The Morgan fingerprint density at radius 1 is 1.26 bits per heavy atom. The van der Waals surface area contributed by atoms with E-state index in [9.17, 15) is 13.6 Å². The van der Waals surface area contributed by atoms with E-state index in [0.717, 1.165) is 25.9 Å². The molecule has 0 bridgehead atoms. The van der Waals surface area contributed by atoms with Gasteiger partial charge in [-0.15, -0.1) is 10.2 Å². The fraction of sp³-hybridized carbons (Fsp3) is 0.391. The third-order valence-electron chi connectivity index (χ3n) is 5.92. The monoisotopic (exact) mass is 475 g/mol. The van der Waals surface area contributed by atoms with Gasteiger partial charge < -0.3 is 19.0 Å². The Labute approximate surface area is 194 Å². The molecule has 34 heavy (non-hydrogen) atoms. The lowest BCUT2D eigenvalue weighted by molar-refractivity contribution is -0.120. The maximum absolute atomic E-state index is 15.1. The highest BCUT2D eigenvalue weighted by Crippen LogP contribution is 2.37. The van der Waals surface area contributed by atoms with Crippen LogP contribution in [-0.4, -0.2) is 53.7 Å². The zero-order valence-electron chi connectivity index (χ0n) is 18.7. The third-order valence-corrected chi connectivity index (χ3v) is 5.92. The smallest absolute Gasteiger partial charge is 0.314 e. The van der Waals surface area contributed by atoms with Crippen molar-refractivity contribution in [2.24, 2.45) is 0 Å². The molecule has 8 nitrogen and oxygen atoms in total. The number of ether oxygens (including phenoxy) is 1. The average Bonchev–Trinajstić information content (AvgIpc) is 3.32. The zero-order chi connectivity index (χ0) is 24.2. The van der Waals surface area contributed by atoms with Crippen molar-refractivity contribution in [2.75, 3.05) is 32.1 Å². The molecule has 11 heteroatoms. The van der Waals surface area contributed by atoms with Crippen LogP contribution in [-0.2, 0) is 11.3 Å². The van der Waals surface area contributed by atoms with Crippen LogP contribution in [0.15, 0.2) is 34.9 Å². The number of alkyl halides is 2. The first kappa shape index (κ1) is 23.7. The molecule has 1 aliphatic rings. The van der Waals surface area contributed by atoms with Gasteiger partial charge in [0.25, 0.3) is 12.4 Å². The van der Waals surface area contributed by atoms with Crippen molar-refractivity contribution in [1.82, 2.24) is 20.1 Å². The summed E-state index contributed by atoms with van der Waals surface area (Å²) in [6.45, 7) is 2.36. The van der Waals surface area contributed by atoms with Gasteiger partial charge >= 0.3 is 6.43 Å². The van der Waals surface area contributed by atoms with Crippen LogP contribution in [0.1, 0.15) is 42.3 Å². The second-order valence-electron chi connectivity index (χ2n) is 8.27. The Morgan fingerprint density at radius 2 is 2.03 bits per heavy atom. The van der Waals surface area contributed by atoms with E-state index in [1.54, 1.807) is 30.1 Å². The number of carbonyl (C=O) groups is 1. The van der Waals surface area contributed by atoms with Crippen LogP contribution in [0.25, 0.3) is 11.5 Å². The van der Waals surface area contributed by atoms with Gasteiger partial charge in [0.15, 0.2) is 5.75 Å². The van der Waals surface area contributed by atoms with E-state index < -0.39 is 12.3 Å². The van der Waals surface area contributed by atoms with Gasteiger partial charge in [0.1, 0.15) is 5.82 Å². The quantitative estimate of drug-likeness (QED) is 0.449. The minimum Gasteiger partial charge on any atom is -0.427 e. The van der Waals surface area contributed by atoms with Crippen molar-refractivity contribution >= 4 is 12.2 Å². The fourth-order valence-electron chi connectivity index (χ4n) is 4.05. The van der Waals surface area contributed by atoms with Crippen molar-refractivity contribution in [3.8, 4) is 17.2 Å². The van der Waals surface area contributed by atoms with Gasteiger partial charge in [0, 0.05) is 19.3 Å². The first-order chi connectivity index (χ1) is 16.4. The molecule has 3 heterocycles. The lowest BCUT2D eigenvalue weighted by atomic mass is 9.89. The second kappa shape index (κ2) is 10.2. The van der Waals surface area contributed by atoms with Gasteiger partial charge in [0.05, 0.1) is 23.5 Å². The van der Waals surface area contributed by atoms with Crippen LogP contribution in [0.2, 0.25) is 0 Å². The summed E-state index contributed by atoms with van der Waals surface area (Å²) in [5, 5.41) is 6.90. The molecular weight excluding hydrogens is 451 g/mol. The molecular formula is C23H24F3N5O3. The van der Waals surface area contributed by atoms with Crippen LogP contribution in [0.4, 0.5) is 18.9 Å². The Bertz CT molecular complexity index is 1130. The molecule has 1 fully saturated rings. The van der Waals surface area contributed by atoms with Gasteiger partial charge in [-0.2, -0.15) is 8.78 Å². The predicted octanol–water partition coefficient (Wildman–Crippen LogP) is 4.19. The molecule has 1 saturated heterocycles. The van der Waals surface area contributed by atoms with Gasteiger partial charge in [-0.05, 0) is 62.7 Å². The molecule has 0 amide bonds. The molecule has 180 valence electrons. The van der Waals surface area contributed by atoms with E-state index >= 15 is 4.39 Å². The number of halogens is 3. The molecule has 0 radical (unpaired) electrons. The number of hydrogen-bond donors (Lipinski definition) is 0. The van der Waals surface area contributed by atoms with E-state index in [0.29, 0.717) is 29.0 Å². The number of rotatable bonds is 8. The van der Waals surface area contributed by atoms with Gasteiger partial charge in [0.2, 0.25) is 5.89 Å². The molecule has 0 N–H and O–H groups in total. The largest absolute Gasteiger partial charge is 0.427 e. The maximum Gasteiger partial charge on any atom is 0.314 e. The summed E-state index contributed by atoms with van der Waals surface area (Å²) in [6.07, 6.45) is 0.242. The topological polar surface area (TPSA) is 84.6 Å². The third kappa shape index (κ3) is 5.19. The molecule has 0 atom stereocenters. The molecule has 4 rings (SSSR count). The number of hydrogen-bond acceptors (Lipinski definition) is 8. The number of likely N-dealkylation sites (tertiary alicyclic amines) is 1. The number of pyridine rings is 1. The van der Waals surface area contributed by atoms with E-state index in [-0.39, 0.29) is 29.9 Å². The molecule has 0 unspecified atom stereocenters. The highest BCUT2D eigenvalue weighted by molar-refractivity contribution is 5.64. The standard InChI is InChI=1S/C23H24F3N5O3/c1-30-7-5-14(6-8-30)17-9-20(33-13-32)19(10-18(17)24)31(2)12-16-4-3-15(11-27-16)22-28-29-23(34-22)21(25)26/h3-4,9-11,13-14,21H,5-8,12H2,1-2H3. The van der Waals surface area contributed by atoms with Crippen LogP contribution in [0, 0.1) is 5.82 Å². The minimum absolute atomic E-state index is 0.0593. The van der Waals surface area contributed by atoms with Crippen molar-refractivity contribution in [2.45, 2.75) is 31.7 Å². The summed E-state index contributed by atoms with van der Waals surface area (Å²) >= 11 is 0. The van der Waals surface area contributed by atoms with Gasteiger partial charge in [-0.3, -0.25) is 9.78 Å². The van der Waals surface area contributed by atoms with Crippen molar-refractivity contribution in [3.63, 3.8) is 0 Å². The lowest BCUT2D eigenvalue weighted by Gasteiger charge is -2.30. The summed E-state index contributed by atoms with van der Waals surface area (Å²) in [6, 6.07) is 6.27. The van der Waals surface area contributed by atoms with E-state index in [1.807, 2.05) is 7.05 Å². The molecule has 2 aromatic heterocycles. The van der Waals surface area contributed by atoms with Crippen LogP contribution in [0.5, 0.6) is 5.75 Å². The van der Waals surface area contributed by atoms with Crippen molar-refractivity contribution in [1.29, 1.82) is 0 Å². The first-order valence-electron chi connectivity index (χ1n) is 10.8. The normalized spacial score (nSPS) is 15.0. The maximum atomic E-state index is 15.1. The summed E-state index contributed by atoms with van der Waals surface area (Å²) in [5.41, 5.74) is 1.96. The summed E-state index contributed by atoms with van der Waals surface area (Å²) in [7, 11) is 3.76. The highest BCUT2D eigenvalue weighted by atomic mass is 19.3. The molecule has 0 aliphatic carbocycles. The number of benzene rings is 1. The summed E-state index contributed by atoms with van der Waals surface area (Å²) < 4.78 is 50.5. The Morgan fingerprint density at radius 3 is 2.65 bits per heavy atom. The number of nitrogens with zero attached hydrogens (tertiary/aromatic N) is 5. The highest BCUT2D eigenvalue weighted by Gasteiger charge is 2.24. The first-order valence-corrected chi connectivity index (χ1v) is 10.8. The van der Waals surface area contributed by atoms with Crippen molar-refractivity contribution in [3.05, 3.63) is 53.4 Å². The molecule has 1 aromatic carbocycles. The predicted molar refractivity (Wildman–Crippen MR) is 117 cm³/mol. The minimum atomic E-state index is -2.85. The van der Waals surface area contributed by atoms with E-state index in [2.05, 4.69) is 20.1 Å². The SMILES string of the molecule is CN1CCC(c2cc(OC=O)c(N(C)Cc3ccc(-c4nnc(C(F)F)o4)cn3)cc2F)CC1. The summed E-state index contributed by atoms with van der Waals surface area (Å²) in [5.74, 6) is -0.823. The Balaban J connectivity index is 1.52. The summed E-state index contributed by atoms with van der Waals surface area (Å²) in [4.78, 5) is 19.3. The number of carbonyl (C=O) groups excluding carboxylic acids is 1. The number of anilines is 1. The van der Waals surface area contributed by atoms with E-state index in [4.69, 9.17) is 9.15 Å². The van der Waals surface area contributed by atoms with Crippen molar-refractivity contribution < 1.29 is 27.1 Å². The van der Waals surface area contributed by atoms with Gasteiger partial charge in [-0.1, -0.05) is 0 Å². The van der Waals surface area contributed by atoms with Gasteiger partial charge in [-0.25, -0.2) is 4.39 Å². The lowest BCUT2D eigenvalue weighted by Crippen LogP contribution is -2.29. The fourth-order valence-corrected chi connectivity index (χ4v) is 4.05.